The minimum atomic E-state index is -0.199. The molecule has 0 fully saturated rings. The van der Waals surface area contributed by atoms with Gasteiger partial charge in [0.2, 0.25) is 0 Å². The van der Waals surface area contributed by atoms with E-state index in [1.165, 1.54) is 61.2 Å². The number of anilines is 3. The lowest BCUT2D eigenvalue weighted by molar-refractivity contribution is 0.660. The predicted octanol–water partition coefficient (Wildman–Crippen LogP) is 12.7. The highest BCUT2D eigenvalue weighted by Crippen LogP contribution is 2.51. The molecule has 9 rings (SSSR count). The van der Waals surface area contributed by atoms with Crippen molar-refractivity contribution in [3.63, 3.8) is 0 Å². The molecule has 2 nitrogen and oxygen atoms in total. The number of benzene rings is 7. The van der Waals surface area contributed by atoms with Gasteiger partial charge in [0.15, 0.2) is 0 Å². The maximum absolute atomic E-state index is 2.42. The van der Waals surface area contributed by atoms with Crippen LogP contribution >= 0.6 is 0 Å². The molecule has 0 aliphatic heterocycles. The lowest BCUT2D eigenvalue weighted by Gasteiger charge is -2.28. The Balaban J connectivity index is 1.17. The fraction of sp³-hybridized carbons (Fsp3) is 0.0638. The smallest absolute Gasteiger partial charge is 0.0535 e. The monoisotopic (exact) mass is 628 g/mol. The maximum Gasteiger partial charge on any atom is 0.0535 e. The third kappa shape index (κ3) is 4.88. The van der Waals surface area contributed by atoms with Crippen LogP contribution in [0.15, 0.2) is 182 Å². The van der Waals surface area contributed by atoms with E-state index >= 15 is 0 Å². The first-order chi connectivity index (χ1) is 24.1. The number of hydrogen-bond acceptors (Lipinski definition) is 1. The molecule has 7 aromatic carbocycles. The van der Waals surface area contributed by atoms with E-state index < -0.39 is 0 Å². The van der Waals surface area contributed by atoms with E-state index in [0.717, 1.165) is 17.1 Å². The molecule has 0 unspecified atom stereocenters. The highest BCUT2D eigenvalue weighted by molar-refractivity contribution is 5.91. The van der Waals surface area contributed by atoms with Crippen molar-refractivity contribution >= 4 is 27.8 Å². The van der Waals surface area contributed by atoms with Crippen LogP contribution in [-0.4, -0.2) is 4.57 Å². The number of aromatic nitrogens is 1. The third-order valence-electron chi connectivity index (χ3n) is 10.2. The van der Waals surface area contributed by atoms with Gasteiger partial charge in [0, 0.05) is 28.2 Å². The molecule has 0 saturated heterocycles. The van der Waals surface area contributed by atoms with Crippen molar-refractivity contribution in [1.29, 1.82) is 0 Å². The Bertz CT molecular complexity index is 2400. The molecule has 0 bridgehead atoms. The van der Waals surface area contributed by atoms with E-state index in [1.807, 2.05) is 0 Å². The van der Waals surface area contributed by atoms with Crippen LogP contribution in [0.5, 0.6) is 0 Å². The van der Waals surface area contributed by atoms with Gasteiger partial charge in [0.05, 0.1) is 11.4 Å². The van der Waals surface area contributed by atoms with Crippen LogP contribution in [0.1, 0.15) is 25.0 Å². The summed E-state index contributed by atoms with van der Waals surface area (Å²) in [4.78, 5) is 2.38. The molecule has 0 amide bonds. The van der Waals surface area contributed by atoms with Gasteiger partial charge >= 0.3 is 0 Å². The summed E-state index contributed by atoms with van der Waals surface area (Å²) >= 11 is 0. The summed E-state index contributed by atoms with van der Waals surface area (Å²) in [6.45, 7) is 4.75. The average molecular weight is 629 g/mol. The van der Waals surface area contributed by atoms with Gasteiger partial charge in [-0.05, 0) is 105 Å². The summed E-state index contributed by atoms with van der Waals surface area (Å²) < 4.78 is 2.42. The van der Waals surface area contributed by atoms with Crippen molar-refractivity contribution in [2.45, 2.75) is 19.3 Å². The zero-order valence-electron chi connectivity index (χ0n) is 27.7. The molecule has 0 atom stereocenters. The van der Waals surface area contributed by atoms with Crippen LogP contribution < -0.4 is 4.90 Å². The molecular weight excluding hydrogens is 593 g/mol. The second kappa shape index (κ2) is 11.5. The molecule has 0 radical (unpaired) electrons. The summed E-state index contributed by atoms with van der Waals surface area (Å²) in [7, 11) is 0. The largest absolute Gasteiger partial charge is 0.310 e. The molecule has 1 aliphatic rings. The van der Waals surface area contributed by atoms with Crippen molar-refractivity contribution in [3.8, 4) is 39.3 Å². The second-order valence-electron chi connectivity index (χ2n) is 13.5. The van der Waals surface area contributed by atoms with Crippen LogP contribution in [0.2, 0.25) is 0 Å². The highest BCUT2D eigenvalue weighted by atomic mass is 15.1. The number of fused-ring (bicyclic) bond motifs is 4. The van der Waals surface area contributed by atoms with Crippen molar-refractivity contribution in [3.05, 3.63) is 193 Å². The van der Waals surface area contributed by atoms with Crippen molar-refractivity contribution in [2.75, 3.05) is 4.90 Å². The Morgan fingerprint density at radius 2 is 0.918 bits per heavy atom. The Morgan fingerprint density at radius 3 is 1.57 bits per heavy atom. The molecule has 234 valence electrons. The minimum Gasteiger partial charge on any atom is -0.310 e. The zero-order chi connectivity index (χ0) is 33.0. The van der Waals surface area contributed by atoms with Crippen LogP contribution in [0, 0.1) is 0 Å². The number of hydrogen-bond donors (Lipinski definition) is 0. The summed E-state index contributed by atoms with van der Waals surface area (Å²) in [6.07, 6.45) is 0. The third-order valence-corrected chi connectivity index (χ3v) is 10.2. The van der Waals surface area contributed by atoms with Crippen LogP contribution in [-0.2, 0) is 5.41 Å². The lowest BCUT2D eigenvalue weighted by atomic mass is 9.82. The van der Waals surface area contributed by atoms with E-state index in [-0.39, 0.29) is 5.41 Å². The maximum atomic E-state index is 2.42. The van der Waals surface area contributed by atoms with E-state index in [9.17, 15) is 0 Å². The number of rotatable bonds is 6. The topological polar surface area (TPSA) is 8.17 Å². The molecule has 0 saturated carbocycles. The molecule has 8 aromatic rings. The quantitative estimate of drug-likeness (QED) is 0.178. The van der Waals surface area contributed by atoms with Crippen molar-refractivity contribution < 1.29 is 0 Å². The molecule has 0 spiro atoms. The van der Waals surface area contributed by atoms with E-state index in [2.05, 4.69) is 205 Å². The van der Waals surface area contributed by atoms with Crippen molar-refractivity contribution in [1.82, 2.24) is 4.57 Å². The fourth-order valence-corrected chi connectivity index (χ4v) is 7.72. The van der Waals surface area contributed by atoms with Crippen LogP contribution in [0.4, 0.5) is 17.1 Å². The lowest BCUT2D eigenvalue weighted by Crippen LogP contribution is -2.17. The van der Waals surface area contributed by atoms with E-state index in [0.29, 0.717) is 0 Å². The van der Waals surface area contributed by atoms with Crippen LogP contribution in [0.25, 0.3) is 50.1 Å². The van der Waals surface area contributed by atoms with Gasteiger partial charge in [-0.2, -0.15) is 0 Å². The average Bonchev–Trinajstić information content (AvgIpc) is 3.70. The molecule has 2 heteroatoms. The first-order valence-electron chi connectivity index (χ1n) is 17.0. The van der Waals surface area contributed by atoms with E-state index in [1.54, 1.807) is 0 Å². The summed E-state index contributed by atoms with van der Waals surface area (Å²) in [5.74, 6) is 0. The highest BCUT2D eigenvalue weighted by Gasteiger charge is 2.36. The molecule has 1 aliphatic carbocycles. The molecule has 1 aromatic heterocycles. The van der Waals surface area contributed by atoms with Gasteiger partial charge in [0.25, 0.3) is 0 Å². The first kappa shape index (κ1) is 29.1. The summed E-state index contributed by atoms with van der Waals surface area (Å²) in [6, 6.07) is 66.1. The standard InChI is InChI=1S/C47H36N2/c1-47(2)43-31-39(48(37-20-10-5-11-21-37)38-23-22-33-14-12-13-19-36(33)30-38)24-26-41(43)42-27-25-40(32-44(42)47)49-45(34-15-6-3-7-16-34)28-29-46(49)35-17-8-4-9-18-35/h3-32H,1-2H3. The van der Waals surface area contributed by atoms with Crippen LogP contribution in [0.3, 0.4) is 0 Å². The number of nitrogens with zero attached hydrogens (tertiary/aromatic N) is 2. The zero-order valence-corrected chi connectivity index (χ0v) is 27.7. The Morgan fingerprint density at radius 1 is 0.408 bits per heavy atom. The Hall–Kier alpha value is -6.12. The minimum absolute atomic E-state index is 0.199. The van der Waals surface area contributed by atoms with E-state index in [4.69, 9.17) is 0 Å². The van der Waals surface area contributed by atoms with Gasteiger partial charge < -0.3 is 9.47 Å². The van der Waals surface area contributed by atoms with Gasteiger partial charge in [-0.3, -0.25) is 0 Å². The Labute approximate surface area is 288 Å². The molecular formula is C47H36N2. The normalized spacial score (nSPS) is 12.9. The molecule has 1 heterocycles. The van der Waals surface area contributed by atoms with Gasteiger partial charge in [-0.15, -0.1) is 0 Å². The Kier molecular flexibility index (Phi) is 6.84. The second-order valence-corrected chi connectivity index (χ2v) is 13.5. The van der Waals surface area contributed by atoms with Gasteiger partial charge in [-0.25, -0.2) is 0 Å². The first-order valence-corrected chi connectivity index (χ1v) is 17.0. The summed E-state index contributed by atoms with van der Waals surface area (Å²) in [5.41, 5.74) is 14.5. The SMILES string of the molecule is CC1(C)c2cc(N(c3ccccc3)c3ccc4ccccc4c3)ccc2-c2ccc(-n3c(-c4ccccc4)ccc3-c3ccccc3)cc21. The van der Waals surface area contributed by atoms with Gasteiger partial charge in [-0.1, -0.05) is 135 Å². The summed E-state index contributed by atoms with van der Waals surface area (Å²) in [5, 5.41) is 2.48. The molecule has 49 heavy (non-hydrogen) atoms. The fourth-order valence-electron chi connectivity index (χ4n) is 7.72. The van der Waals surface area contributed by atoms with Gasteiger partial charge in [0.1, 0.15) is 0 Å². The predicted molar refractivity (Wildman–Crippen MR) is 206 cm³/mol. The number of para-hydroxylation sites is 1. The van der Waals surface area contributed by atoms with Crippen molar-refractivity contribution in [2.24, 2.45) is 0 Å². The molecule has 0 N–H and O–H groups in total.